The second-order valence-corrected chi connectivity index (χ2v) is 7.61. The van der Waals surface area contributed by atoms with Crippen LogP contribution in [-0.4, -0.2) is 17.5 Å². The molecule has 2 heterocycles. The number of benzene rings is 1. The van der Waals surface area contributed by atoms with Crippen molar-refractivity contribution in [3.63, 3.8) is 0 Å². The van der Waals surface area contributed by atoms with Crippen molar-refractivity contribution in [3.05, 3.63) is 57.5 Å². The maximum Gasteiger partial charge on any atom is 0.318 e. The molecule has 0 bridgehead atoms. The zero-order valence-corrected chi connectivity index (χ0v) is 14.7. The van der Waals surface area contributed by atoms with E-state index in [1.165, 1.54) is 28.3 Å². The lowest BCUT2D eigenvalue weighted by Gasteiger charge is -2.29. The van der Waals surface area contributed by atoms with Gasteiger partial charge in [0.05, 0.1) is 6.04 Å². The summed E-state index contributed by atoms with van der Waals surface area (Å²) in [5, 5.41) is 2.99. The highest BCUT2D eigenvalue weighted by Crippen LogP contribution is 2.34. The zero-order valence-electron chi connectivity index (χ0n) is 13.9. The molecule has 0 spiro atoms. The molecule has 3 nitrogen and oxygen atoms in total. The summed E-state index contributed by atoms with van der Waals surface area (Å²) in [7, 11) is 0. The van der Waals surface area contributed by atoms with E-state index in [0.29, 0.717) is 6.54 Å². The summed E-state index contributed by atoms with van der Waals surface area (Å²) in [4.78, 5) is 17.2. The monoisotopic (exact) mass is 346 g/mol. The fraction of sp³-hybridized carbons (Fsp3) is 0.421. The minimum atomic E-state index is -0.259. The van der Waals surface area contributed by atoms with Crippen LogP contribution in [0.25, 0.3) is 0 Å². The average Bonchev–Trinajstić information content (AvgIpc) is 2.86. The molecule has 128 valence electrons. The van der Waals surface area contributed by atoms with Gasteiger partial charge in [-0.3, -0.25) is 0 Å². The van der Waals surface area contributed by atoms with Gasteiger partial charge in [-0.05, 0) is 49.6 Å². The maximum atomic E-state index is 13.0. The van der Waals surface area contributed by atoms with Crippen molar-refractivity contribution in [2.75, 3.05) is 6.54 Å². The third kappa shape index (κ3) is 4.15. The van der Waals surface area contributed by atoms with Crippen molar-refractivity contribution in [2.45, 2.75) is 45.2 Å². The number of carbonyl (C=O) groups excluding carboxylic acids is 1. The summed E-state index contributed by atoms with van der Waals surface area (Å²) < 4.78 is 13.0. The first-order chi connectivity index (χ1) is 11.6. The Bertz CT molecular complexity index is 683. The molecule has 0 aliphatic carbocycles. The Morgan fingerprint density at radius 2 is 2.00 bits per heavy atom. The van der Waals surface area contributed by atoms with Crippen LogP contribution in [0.1, 0.15) is 47.0 Å². The number of aryl methyl sites for hydroxylation is 1. The molecule has 1 aliphatic heterocycles. The molecule has 1 aromatic heterocycles. The number of nitrogens with zero attached hydrogens (tertiary/aromatic N) is 1. The maximum absolute atomic E-state index is 13.0. The lowest BCUT2D eigenvalue weighted by Crippen LogP contribution is -2.41. The van der Waals surface area contributed by atoms with Crippen LogP contribution in [0.15, 0.2) is 36.4 Å². The van der Waals surface area contributed by atoms with Crippen LogP contribution in [0.4, 0.5) is 9.18 Å². The smallest absolute Gasteiger partial charge is 0.318 e. The Morgan fingerprint density at radius 1 is 1.21 bits per heavy atom. The Morgan fingerprint density at radius 3 is 2.71 bits per heavy atom. The normalized spacial score (nSPS) is 18.2. The van der Waals surface area contributed by atoms with Crippen LogP contribution >= 0.6 is 11.3 Å². The molecule has 0 saturated carbocycles. The van der Waals surface area contributed by atoms with Gasteiger partial charge in [0.25, 0.3) is 0 Å². The summed E-state index contributed by atoms with van der Waals surface area (Å²) in [5.41, 5.74) is 0.906. The van der Waals surface area contributed by atoms with Crippen molar-refractivity contribution >= 4 is 17.4 Å². The van der Waals surface area contributed by atoms with Crippen LogP contribution < -0.4 is 5.32 Å². The van der Waals surface area contributed by atoms with Crippen LogP contribution in [-0.2, 0) is 6.54 Å². The van der Waals surface area contributed by atoms with Crippen molar-refractivity contribution in [1.29, 1.82) is 0 Å². The molecule has 1 aromatic carbocycles. The fourth-order valence-corrected chi connectivity index (χ4v) is 4.19. The highest BCUT2D eigenvalue weighted by atomic mass is 32.1. The predicted molar refractivity (Wildman–Crippen MR) is 95.6 cm³/mol. The second-order valence-electron chi connectivity index (χ2n) is 6.29. The standard InChI is InChI=1S/C19H23FN2OS/c1-14-6-11-18(24-14)17-5-3-2-4-12-22(17)19(23)21-13-15-7-9-16(20)10-8-15/h6-11,17H,2-5,12-13H2,1H3,(H,21,23)/t17-/m0/s1. The van der Waals surface area contributed by atoms with Gasteiger partial charge in [-0.1, -0.05) is 25.0 Å². The summed E-state index contributed by atoms with van der Waals surface area (Å²) in [5.74, 6) is -0.259. The Labute approximate surface area is 146 Å². The SMILES string of the molecule is Cc1ccc([C@@H]2CCCCCN2C(=O)NCc2ccc(F)cc2)s1. The number of hydrogen-bond donors (Lipinski definition) is 1. The number of amides is 2. The van der Waals surface area contributed by atoms with Crippen molar-refractivity contribution in [2.24, 2.45) is 0 Å². The molecule has 1 N–H and O–H groups in total. The summed E-state index contributed by atoms with van der Waals surface area (Å²) >= 11 is 1.78. The number of hydrogen-bond acceptors (Lipinski definition) is 2. The molecule has 5 heteroatoms. The highest BCUT2D eigenvalue weighted by molar-refractivity contribution is 7.12. The van der Waals surface area contributed by atoms with Crippen molar-refractivity contribution in [3.8, 4) is 0 Å². The van der Waals surface area contributed by atoms with Crippen LogP contribution in [0.2, 0.25) is 0 Å². The lowest BCUT2D eigenvalue weighted by atomic mass is 10.1. The summed E-state index contributed by atoms with van der Waals surface area (Å²) in [6.45, 7) is 3.31. The largest absolute Gasteiger partial charge is 0.334 e. The van der Waals surface area contributed by atoms with Crippen LogP contribution in [0.5, 0.6) is 0 Å². The summed E-state index contributed by atoms with van der Waals surface area (Å²) in [6.07, 6.45) is 4.39. The number of likely N-dealkylation sites (tertiary alicyclic amines) is 1. The molecule has 1 saturated heterocycles. The van der Waals surface area contributed by atoms with Gasteiger partial charge in [-0.15, -0.1) is 11.3 Å². The van der Waals surface area contributed by atoms with E-state index in [4.69, 9.17) is 0 Å². The molecule has 1 fully saturated rings. The zero-order chi connectivity index (χ0) is 16.9. The first-order valence-electron chi connectivity index (χ1n) is 8.49. The first kappa shape index (κ1) is 17.0. The second kappa shape index (κ2) is 7.79. The Hall–Kier alpha value is -1.88. The van der Waals surface area contributed by atoms with Gasteiger partial charge in [-0.25, -0.2) is 9.18 Å². The number of halogens is 1. The van der Waals surface area contributed by atoms with Gasteiger partial charge in [0.1, 0.15) is 5.82 Å². The minimum absolute atomic E-state index is 0.0303. The van der Waals surface area contributed by atoms with Gasteiger partial charge < -0.3 is 10.2 Å². The molecular formula is C19H23FN2OS. The molecule has 0 unspecified atom stereocenters. The van der Waals surface area contributed by atoms with E-state index in [9.17, 15) is 9.18 Å². The van der Waals surface area contributed by atoms with E-state index in [2.05, 4.69) is 24.4 Å². The molecule has 1 aliphatic rings. The highest BCUT2D eigenvalue weighted by Gasteiger charge is 2.27. The van der Waals surface area contributed by atoms with E-state index in [1.807, 2.05) is 4.90 Å². The third-order valence-electron chi connectivity index (χ3n) is 4.46. The van der Waals surface area contributed by atoms with Gasteiger partial charge in [0, 0.05) is 22.8 Å². The van der Waals surface area contributed by atoms with E-state index in [1.54, 1.807) is 23.5 Å². The number of urea groups is 1. The van der Waals surface area contributed by atoms with E-state index in [0.717, 1.165) is 31.4 Å². The third-order valence-corrected chi connectivity index (χ3v) is 5.56. The van der Waals surface area contributed by atoms with E-state index < -0.39 is 0 Å². The van der Waals surface area contributed by atoms with E-state index in [-0.39, 0.29) is 17.9 Å². The fourth-order valence-electron chi connectivity index (χ4n) is 3.16. The number of nitrogens with one attached hydrogen (secondary N) is 1. The van der Waals surface area contributed by atoms with Crippen molar-refractivity contribution in [1.82, 2.24) is 10.2 Å². The molecule has 2 amide bonds. The molecule has 2 aromatic rings. The Kier molecular flexibility index (Phi) is 5.51. The van der Waals surface area contributed by atoms with Gasteiger partial charge in [-0.2, -0.15) is 0 Å². The number of rotatable bonds is 3. The molecular weight excluding hydrogens is 323 g/mol. The van der Waals surface area contributed by atoms with Gasteiger partial charge in [0.15, 0.2) is 0 Å². The summed E-state index contributed by atoms with van der Waals surface area (Å²) in [6, 6.07) is 10.7. The van der Waals surface area contributed by atoms with Crippen LogP contribution in [0.3, 0.4) is 0 Å². The first-order valence-corrected chi connectivity index (χ1v) is 9.30. The van der Waals surface area contributed by atoms with Crippen LogP contribution in [0, 0.1) is 12.7 Å². The average molecular weight is 346 g/mol. The topological polar surface area (TPSA) is 32.3 Å². The molecule has 1 atom stereocenters. The number of carbonyl (C=O) groups is 1. The minimum Gasteiger partial charge on any atom is -0.334 e. The Balaban J connectivity index is 1.68. The van der Waals surface area contributed by atoms with Gasteiger partial charge >= 0.3 is 6.03 Å². The molecule has 0 radical (unpaired) electrons. The molecule has 24 heavy (non-hydrogen) atoms. The lowest BCUT2D eigenvalue weighted by molar-refractivity contribution is 0.176. The van der Waals surface area contributed by atoms with Gasteiger partial charge in [0.2, 0.25) is 0 Å². The molecule has 3 rings (SSSR count). The van der Waals surface area contributed by atoms with Crippen molar-refractivity contribution < 1.29 is 9.18 Å². The predicted octanol–water partition coefficient (Wildman–Crippen LogP) is 5.02. The van der Waals surface area contributed by atoms with E-state index >= 15 is 0 Å². The quantitative estimate of drug-likeness (QED) is 0.831. The number of thiophene rings is 1.